The molecule has 26 heavy (non-hydrogen) atoms. The van der Waals surface area contributed by atoms with Crippen molar-refractivity contribution in [2.24, 2.45) is 0 Å². The molecule has 134 valence electrons. The number of aromatic nitrogens is 3. The van der Waals surface area contributed by atoms with Crippen LogP contribution in [0.2, 0.25) is 0 Å². The molecule has 0 radical (unpaired) electrons. The lowest BCUT2D eigenvalue weighted by molar-refractivity contribution is -0.274. The van der Waals surface area contributed by atoms with Crippen LogP contribution in [-0.4, -0.2) is 27.0 Å². The highest BCUT2D eigenvalue weighted by atomic mass is 19.4. The molecule has 2 aromatic heterocycles. The van der Waals surface area contributed by atoms with Crippen LogP contribution < -0.4 is 10.1 Å². The van der Waals surface area contributed by atoms with E-state index in [0.717, 1.165) is 6.08 Å². The second-order valence-electron chi connectivity index (χ2n) is 5.19. The van der Waals surface area contributed by atoms with Gasteiger partial charge in [0, 0.05) is 6.20 Å². The molecule has 0 saturated carbocycles. The van der Waals surface area contributed by atoms with Crippen molar-refractivity contribution in [1.29, 1.82) is 0 Å². The normalized spacial score (nSPS) is 11.3. The summed E-state index contributed by atoms with van der Waals surface area (Å²) in [5, 5.41) is 7.03. The van der Waals surface area contributed by atoms with Gasteiger partial charge in [-0.2, -0.15) is 5.10 Å². The third kappa shape index (κ3) is 3.82. The Morgan fingerprint density at radius 3 is 2.65 bits per heavy atom. The molecule has 0 aliphatic heterocycles. The molecule has 0 bridgehead atoms. The van der Waals surface area contributed by atoms with E-state index in [1.807, 2.05) is 0 Å². The first kappa shape index (κ1) is 17.5. The van der Waals surface area contributed by atoms with Crippen LogP contribution in [0.5, 0.6) is 5.75 Å². The highest BCUT2D eigenvalue weighted by molar-refractivity contribution is 5.87. The molecule has 0 fully saturated rings. The maximum absolute atomic E-state index is 12.3. The molecular weight excluding hydrogens is 349 g/mol. The fourth-order valence-electron chi connectivity index (χ4n) is 2.36. The fourth-order valence-corrected chi connectivity index (χ4v) is 2.36. The van der Waals surface area contributed by atoms with E-state index in [1.165, 1.54) is 28.9 Å². The molecule has 3 rings (SSSR count). The number of carbonyl (C=O) groups is 1. The van der Waals surface area contributed by atoms with Crippen LogP contribution in [0.15, 0.2) is 55.3 Å². The third-order valence-corrected chi connectivity index (χ3v) is 3.44. The standard InChI is InChI=1S/C17H13F3N4O2/c1-2-15(25)22-10-13-16-14(4-3-9-21-16)24(23-13)11-5-7-12(8-6-11)26-17(18,19)20/h2-9H,1,10H2,(H,22,25). The maximum atomic E-state index is 12.3. The number of fused-ring (bicyclic) bond motifs is 1. The number of benzene rings is 1. The highest BCUT2D eigenvalue weighted by Gasteiger charge is 2.31. The molecule has 2 heterocycles. The van der Waals surface area contributed by atoms with Crippen LogP contribution in [0.3, 0.4) is 0 Å². The van der Waals surface area contributed by atoms with Gasteiger partial charge in [0.15, 0.2) is 0 Å². The Labute approximate surface area is 145 Å². The average Bonchev–Trinajstić information content (AvgIpc) is 2.98. The summed E-state index contributed by atoms with van der Waals surface area (Å²) < 4.78 is 42.2. The van der Waals surface area contributed by atoms with Crippen LogP contribution in [0, 0.1) is 0 Å². The van der Waals surface area contributed by atoms with Crippen LogP contribution >= 0.6 is 0 Å². The number of ether oxygens (including phenoxy) is 1. The Kier molecular flexibility index (Phi) is 4.61. The van der Waals surface area contributed by atoms with Gasteiger partial charge in [-0.3, -0.25) is 9.78 Å². The number of nitrogens with one attached hydrogen (secondary N) is 1. The number of amides is 1. The van der Waals surface area contributed by atoms with E-state index in [0.29, 0.717) is 22.4 Å². The second kappa shape index (κ2) is 6.87. The van der Waals surface area contributed by atoms with E-state index in [9.17, 15) is 18.0 Å². The number of alkyl halides is 3. The summed E-state index contributed by atoms with van der Waals surface area (Å²) in [6.45, 7) is 3.52. The molecule has 0 aliphatic rings. The van der Waals surface area contributed by atoms with Gasteiger partial charge in [0.2, 0.25) is 5.91 Å². The largest absolute Gasteiger partial charge is 0.573 e. The summed E-state index contributed by atoms with van der Waals surface area (Å²) in [5.41, 5.74) is 2.28. The molecule has 0 saturated heterocycles. The zero-order valence-corrected chi connectivity index (χ0v) is 13.3. The van der Waals surface area contributed by atoms with Gasteiger partial charge in [-0.15, -0.1) is 13.2 Å². The number of pyridine rings is 1. The molecular formula is C17H13F3N4O2. The predicted octanol–water partition coefficient (Wildman–Crippen LogP) is 3.12. The minimum absolute atomic E-state index is 0.140. The Bertz CT molecular complexity index is 949. The lowest BCUT2D eigenvalue weighted by atomic mass is 10.3. The van der Waals surface area contributed by atoms with Gasteiger partial charge in [0.05, 0.1) is 17.7 Å². The Balaban J connectivity index is 1.94. The number of rotatable bonds is 5. The maximum Gasteiger partial charge on any atom is 0.573 e. The summed E-state index contributed by atoms with van der Waals surface area (Å²) in [6.07, 6.45) is -2.01. The zero-order chi connectivity index (χ0) is 18.7. The lowest BCUT2D eigenvalue weighted by Crippen LogP contribution is -2.20. The Morgan fingerprint density at radius 1 is 1.27 bits per heavy atom. The topological polar surface area (TPSA) is 69.0 Å². The summed E-state index contributed by atoms with van der Waals surface area (Å²) in [6, 6.07) is 8.79. The van der Waals surface area contributed by atoms with Crippen molar-refractivity contribution in [3.63, 3.8) is 0 Å². The number of hydrogen-bond donors (Lipinski definition) is 1. The smallest absolute Gasteiger partial charge is 0.406 e. The van der Waals surface area contributed by atoms with E-state index in [-0.39, 0.29) is 18.2 Å². The van der Waals surface area contributed by atoms with Crippen LogP contribution in [0.4, 0.5) is 13.2 Å². The van der Waals surface area contributed by atoms with Crippen molar-refractivity contribution in [2.75, 3.05) is 0 Å². The molecule has 1 aromatic carbocycles. The van der Waals surface area contributed by atoms with Gasteiger partial charge in [-0.1, -0.05) is 6.58 Å². The minimum atomic E-state index is -4.75. The van der Waals surface area contributed by atoms with Crippen LogP contribution in [0.1, 0.15) is 5.69 Å². The van der Waals surface area contributed by atoms with Crippen molar-refractivity contribution < 1.29 is 22.7 Å². The van der Waals surface area contributed by atoms with Gasteiger partial charge in [0.1, 0.15) is 17.0 Å². The minimum Gasteiger partial charge on any atom is -0.406 e. The number of carbonyl (C=O) groups excluding carboxylic acids is 1. The Morgan fingerprint density at radius 2 is 2.00 bits per heavy atom. The molecule has 0 spiro atoms. The summed E-state index contributed by atoms with van der Waals surface area (Å²) >= 11 is 0. The quantitative estimate of drug-likeness (QED) is 0.708. The summed E-state index contributed by atoms with van der Waals surface area (Å²) in [7, 11) is 0. The molecule has 6 nitrogen and oxygen atoms in total. The second-order valence-corrected chi connectivity index (χ2v) is 5.19. The number of nitrogens with zero attached hydrogens (tertiary/aromatic N) is 3. The zero-order valence-electron chi connectivity index (χ0n) is 13.3. The number of halogens is 3. The van der Waals surface area contributed by atoms with E-state index >= 15 is 0 Å². The molecule has 0 atom stereocenters. The Hall–Kier alpha value is -3.36. The van der Waals surface area contributed by atoms with E-state index < -0.39 is 6.36 Å². The van der Waals surface area contributed by atoms with E-state index in [2.05, 4.69) is 26.7 Å². The third-order valence-electron chi connectivity index (χ3n) is 3.44. The van der Waals surface area contributed by atoms with E-state index in [1.54, 1.807) is 18.3 Å². The number of hydrogen-bond acceptors (Lipinski definition) is 4. The summed E-state index contributed by atoms with van der Waals surface area (Å²) in [4.78, 5) is 15.6. The van der Waals surface area contributed by atoms with Crippen LogP contribution in [-0.2, 0) is 11.3 Å². The van der Waals surface area contributed by atoms with Crippen molar-refractivity contribution in [2.45, 2.75) is 12.9 Å². The van der Waals surface area contributed by atoms with Crippen molar-refractivity contribution >= 4 is 16.9 Å². The SMILES string of the molecule is C=CC(=O)NCc1nn(-c2ccc(OC(F)(F)F)cc2)c2cccnc12. The van der Waals surface area contributed by atoms with Crippen molar-refractivity contribution in [3.05, 3.63) is 60.9 Å². The van der Waals surface area contributed by atoms with Gasteiger partial charge in [-0.05, 0) is 42.5 Å². The fraction of sp³-hybridized carbons (Fsp3) is 0.118. The van der Waals surface area contributed by atoms with Gasteiger partial charge in [0.25, 0.3) is 0 Å². The molecule has 0 unspecified atom stereocenters. The monoisotopic (exact) mass is 362 g/mol. The first-order valence-corrected chi connectivity index (χ1v) is 7.46. The molecule has 9 heteroatoms. The van der Waals surface area contributed by atoms with Crippen LogP contribution in [0.25, 0.3) is 16.7 Å². The summed E-state index contributed by atoms with van der Waals surface area (Å²) in [5.74, 6) is -0.674. The average molecular weight is 362 g/mol. The van der Waals surface area contributed by atoms with Crippen molar-refractivity contribution in [1.82, 2.24) is 20.1 Å². The molecule has 0 aliphatic carbocycles. The first-order chi connectivity index (χ1) is 12.4. The molecule has 1 N–H and O–H groups in total. The van der Waals surface area contributed by atoms with Gasteiger partial charge in [-0.25, -0.2) is 4.68 Å². The van der Waals surface area contributed by atoms with Crippen molar-refractivity contribution in [3.8, 4) is 11.4 Å². The lowest BCUT2D eigenvalue weighted by Gasteiger charge is -2.09. The first-order valence-electron chi connectivity index (χ1n) is 7.46. The van der Waals surface area contributed by atoms with Gasteiger partial charge < -0.3 is 10.1 Å². The highest BCUT2D eigenvalue weighted by Crippen LogP contribution is 2.25. The van der Waals surface area contributed by atoms with Gasteiger partial charge >= 0.3 is 6.36 Å². The predicted molar refractivity (Wildman–Crippen MR) is 87.6 cm³/mol. The molecule has 3 aromatic rings. The van der Waals surface area contributed by atoms with E-state index in [4.69, 9.17) is 0 Å². The molecule has 1 amide bonds.